The van der Waals surface area contributed by atoms with Crippen molar-refractivity contribution in [2.24, 2.45) is 0 Å². The van der Waals surface area contributed by atoms with Gasteiger partial charge >= 0.3 is 0 Å². The van der Waals surface area contributed by atoms with Crippen LogP contribution in [0, 0.1) is 6.92 Å². The van der Waals surface area contributed by atoms with Crippen LogP contribution in [-0.2, 0) is 0 Å². The minimum Gasteiger partial charge on any atom is -0.457 e. The van der Waals surface area contributed by atoms with Crippen molar-refractivity contribution in [3.8, 4) is 11.5 Å². The Morgan fingerprint density at radius 2 is 1.85 bits per heavy atom. The van der Waals surface area contributed by atoms with Gasteiger partial charge in [0.25, 0.3) is 0 Å². The molecule has 0 heterocycles. The lowest BCUT2D eigenvalue weighted by atomic mass is 9.90. The standard InChI is InChI=1S/C19H22O/c1-4-9-16(5-2)19-13-12-18(14-15(19)3)20-17-10-7-6-8-11-17/h4,6-8,10-14,16H,1,5,9H2,2-3H3. The van der Waals surface area contributed by atoms with Crippen LogP contribution in [0.2, 0.25) is 0 Å². The van der Waals surface area contributed by atoms with Crippen molar-refractivity contribution in [3.63, 3.8) is 0 Å². The smallest absolute Gasteiger partial charge is 0.127 e. The van der Waals surface area contributed by atoms with Gasteiger partial charge in [0.15, 0.2) is 0 Å². The molecule has 0 aliphatic carbocycles. The maximum atomic E-state index is 5.87. The summed E-state index contributed by atoms with van der Waals surface area (Å²) < 4.78 is 5.87. The maximum Gasteiger partial charge on any atom is 0.127 e. The maximum absolute atomic E-state index is 5.87. The topological polar surface area (TPSA) is 9.23 Å². The van der Waals surface area contributed by atoms with Gasteiger partial charge in [0.05, 0.1) is 0 Å². The fourth-order valence-corrected chi connectivity index (χ4v) is 2.51. The summed E-state index contributed by atoms with van der Waals surface area (Å²) in [5, 5.41) is 0. The highest BCUT2D eigenvalue weighted by atomic mass is 16.5. The largest absolute Gasteiger partial charge is 0.457 e. The van der Waals surface area contributed by atoms with Gasteiger partial charge in [-0.25, -0.2) is 0 Å². The molecule has 0 amide bonds. The molecule has 0 radical (unpaired) electrons. The van der Waals surface area contributed by atoms with Crippen molar-refractivity contribution >= 4 is 0 Å². The number of hydrogen-bond donors (Lipinski definition) is 0. The molecular weight excluding hydrogens is 244 g/mol. The molecule has 0 fully saturated rings. The molecule has 20 heavy (non-hydrogen) atoms. The van der Waals surface area contributed by atoms with Crippen LogP contribution in [-0.4, -0.2) is 0 Å². The van der Waals surface area contributed by atoms with E-state index in [-0.39, 0.29) is 0 Å². The van der Waals surface area contributed by atoms with Crippen molar-refractivity contribution in [3.05, 3.63) is 72.3 Å². The van der Waals surface area contributed by atoms with Crippen LogP contribution >= 0.6 is 0 Å². The van der Waals surface area contributed by atoms with E-state index < -0.39 is 0 Å². The lowest BCUT2D eigenvalue weighted by molar-refractivity contribution is 0.481. The summed E-state index contributed by atoms with van der Waals surface area (Å²) in [4.78, 5) is 0. The van der Waals surface area contributed by atoms with Crippen molar-refractivity contribution in [2.75, 3.05) is 0 Å². The van der Waals surface area contributed by atoms with Gasteiger partial charge < -0.3 is 4.74 Å². The Morgan fingerprint density at radius 3 is 2.45 bits per heavy atom. The molecule has 2 aromatic rings. The Balaban J connectivity index is 2.19. The minimum atomic E-state index is 0.554. The van der Waals surface area contributed by atoms with E-state index in [1.165, 1.54) is 11.1 Å². The summed E-state index contributed by atoms with van der Waals surface area (Å²) in [6.07, 6.45) is 4.16. The van der Waals surface area contributed by atoms with Crippen LogP contribution in [0.1, 0.15) is 36.8 Å². The Bertz CT molecular complexity index is 557. The van der Waals surface area contributed by atoms with Crippen molar-refractivity contribution in [1.29, 1.82) is 0 Å². The third-order valence-corrected chi connectivity index (χ3v) is 3.60. The first-order valence-corrected chi connectivity index (χ1v) is 7.19. The summed E-state index contributed by atoms with van der Waals surface area (Å²) in [5.41, 5.74) is 2.68. The number of para-hydroxylation sites is 1. The molecule has 1 unspecified atom stereocenters. The second kappa shape index (κ2) is 6.95. The molecule has 0 saturated carbocycles. The van der Waals surface area contributed by atoms with E-state index in [0.717, 1.165) is 24.3 Å². The molecular formula is C19H22O. The van der Waals surface area contributed by atoms with Crippen molar-refractivity contribution < 1.29 is 4.74 Å². The zero-order chi connectivity index (χ0) is 14.4. The molecule has 0 N–H and O–H groups in total. The van der Waals surface area contributed by atoms with Crippen LogP contribution in [0.5, 0.6) is 11.5 Å². The molecule has 2 rings (SSSR count). The lowest BCUT2D eigenvalue weighted by Crippen LogP contribution is -1.99. The summed E-state index contributed by atoms with van der Waals surface area (Å²) in [6.45, 7) is 8.23. The molecule has 104 valence electrons. The Morgan fingerprint density at radius 1 is 1.10 bits per heavy atom. The molecule has 0 aromatic heterocycles. The van der Waals surface area contributed by atoms with Gasteiger partial charge in [0.2, 0.25) is 0 Å². The van der Waals surface area contributed by atoms with Crippen LogP contribution in [0.3, 0.4) is 0 Å². The van der Waals surface area contributed by atoms with Crippen LogP contribution in [0.4, 0.5) is 0 Å². The van der Waals surface area contributed by atoms with Gasteiger partial charge in [-0.2, -0.15) is 0 Å². The molecule has 2 aromatic carbocycles. The summed E-state index contributed by atoms with van der Waals surface area (Å²) >= 11 is 0. The zero-order valence-corrected chi connectivity index (χ0v) is 12.3. The van der Waals surface area contributed by atoms with Gasteiger partial charge in [0.1, 0.15) is 11.5 Å². The van der Waals surface area contributed by atoms with Gasteiger partial charge in [-0.15, -0.1) is 6.58 Å². The highest BCUT2D eigenvalue weighted by Gasteiger charge is 2.11. The van der Waals surface area contributed by atoms with Gasteiger partial charge in [-0.3, -0.25) is 0 Å². The SMILES string of the molecule is C=CCC(CC)c1ccc(Oc2ccccc2)cc1C. The highest BCUT2D eigenvalue weighted by Crippen LogP contribution is 2.30. The molecule has 1 heteroatoms. The number of allylic oxidation sites excluding steroid dienone is 1. The Kier molecular flexibility index (Phi) is 5.00. The lowest BCUT2D eigenvalue weighted by Gasteiger charge is -2.17. The fraction of sp³-hybridized carbons (Fsp3) is 0.263. The van der Waals surface area contributed by atoms with E-state index in [1.807, 2.05) is 36.4 Å². The monoisotopic (exact) mass is 266 g/mol. The van der Waals surface area contributed by atoms with E-state index >= 15 is 0 Å². The van der Waals surface area contributed by atoms with E-state index in [0.29, 0.717) is 5.92 Å². The Labute approximate surface area is 121 Å². The third kappa shape index (κ3) is 3.51. The number of hydrogen-bond acceptors (Lipinski definition) is 1. The van der Waals surface area contributed by atoms with Crippen molar-refractivity contribution in [1.82, 2.24) is 0 Å². The average molecular weight is 266 g/mol. The summed E-state index contributed by atoms with van der Waals surface area (Å²) in [6, 6.07) is 16.2. The summed E-state index contributed by atoms with van der Waals surface area (Å²) in [5.74, 6) is 2.32. The number of ether oxygens (including phenoxy) is 1. The highest BCUT2D eigenvalue weighted by molar-refractivity contribution is 5.39. The van der Waals surface area contributed by atoms with Gasteiger partial charge in [-0.1, -0.05) is 37.3 Å². The molecule has 0 bridgehead atoms. The van der Waals surface area contributed by atoms with E-state index in [2.05, 4.69) is 38.6 Å². The minimum absolute atomic E-state index is 0.554. The predicted octanol–water partition coefficient (Wildman–Crippen LogP) is 5.86. The van der Waals surface area contributed by atoms with E-state index in [9.17, 15) is 0 Å². The molecule has 0 spiro atoms. The van der Waals surface area contributed by atoms with E-state index in [1.54, 1.807) is 0 Å². The first-order valence-electron chi connectivity index (χ1n) is 7.19. The average Bonchev–Trinajstić information content (AvgIpc) is 2.47. The number of benzene rings is 2. The fourth-order valence-electron chi connectivity index (χ4n) is 2.51. The third-order valence-electron chi connectivity index (χ3n) is 3.60. The van der Waals surface area contributed by atoms with Crippen LogP contribution in [0.25, 0.3) is 0 Å². The molecule has 0 aliphatic heterocycles. The molecule has 0 saturated heterocycles. The predicted molar refractivity (Wildman–Crippen MR) is 85.5 cm³/mol. The van der Waals surface area contributed by atoms with Crippen LogP contribution < -0.4 is 4.74 Å². The molecule has 1 atom stereocenters. The first-order chi connectivity index (χ1) is 9.74. The number of aryl methyl sites for hydroxylation is 1. The second-order valence-electron chi connectivity index (χ2n) is 5.06. The number of rotatable bonds is 6. The van der Waals surface area contributed by atoms with Crippen LogP contribution in [0.15, 0.2) is 61.2 Å². The van der Waals surface area contributed by atoms with Gasteiger partial charge in [-0.05, 0) is 61.1 Å². The quantitative estimate of drug-likeness (QED) is 0.595. The normalized spacial score (nSPS) is 11.9. The van der Waals surface area contributed by atoms with E-state index in [4.69, 9.17) is 4.74 Å². The summed E-state index contributed by atoms with van der Waals surface area (Å²) in [7, 11) is 0. The first kappa shape index (κ1) is 14.4. The Hall–Kier alpha value is -2.02. The van der Waals surface area contributed by atoms with Gasteiger partial charge in [0, 0.05) is 0 Å². The molecule has 1 nitrogen and oxygen atoms in total. The second-order valence-corrected chi connectivity index (χ2v) is 5.06. The van der Waals surface area contributed by atoms with Crippen molar-refractivity contribution in [2.45, 2.75) is 32.6 Å². The zero-order valence-electron chi connectivity index (χ0n) is 12.3. The molecule has 0 aliphatic rings.